The summed E-state index contributed by atoms with van der Waals surface area (Å²) in [5.41, 5.74) is 1.83. The van der Waals surface area contributed by atoms with Crippen LogP contribution in [-0.2, 0) is 4.79 Å². The molecule has 1 amide bonds. The van der Waals surface area contributed by atoms with Gasteiger partial charge in [-0.3, -0.25) is 4.79 Å². The summed E-state index contributed by atoms with van der Waals surface area (Å²) in [6, 6.07) is 11.6. The smallest absolute Gasteiger partial charge is 0.223 e. The highest BCUT2D eigenvalue weighted by atomic mass is 35.5. The highest BCUT2D eigenvalue weighted by Gasteiger charge is 2.25. The van der Waals surface area contributed by atoms with Crippen molar-refractivity contribution >= 4 is 23.3 Å². The summed E-state index contributed by atoms with van der Waals surface area (Å²) in [6.07, 6.45) is 3.86. The fraction of sp³-hybridized carbons (Fsp3) is 0.450. The van der Waals surface area contributed by atoms with Gasteiger partial charge in [-0.15, -0.1) is 10.2 Å². The number of nitrogens with one attached hydrogen (secondary N) is 1. The second kappa shape index (κ2) is 8.99. The van der Waals surface area contributed by atoms with Crippen LogP contribution < -0.4 is 10.2 Å². The van der Waals surface area contributed by atoms with Crippen molar-refractivity contribution in [1.82, 2.24) is 15.5 Å². The number of halogens is 1. The molecule has 0 unspecified atom stereocenters. The predicted molar refractivity (Wildman–Crippen MR) is 105 cm³/mol. The van der Waals surface area contributed by atoms with E-state index in [1.807, 2.05) is 36.4 Å². The lowest BCUT2D eigenvalue weighted by Crippen LogP contribution is -2.41. The van der Waals surface area contributed by atoms with Crippen molar-refractivity contribution in [3.8, 4) is 11.3 Å². The van der Waals surface area contributed by atoms with E-state index in [4.69, 9.17) is 11.6 Å². The maximum atomic E-state index is 12.2. The summed E-state index contributed by atoms with van der Waals surface area (Å²) < 4.78 is 0. The standard InChI is InChI=1S/C20H25ClN4O/c1-2-3-12-22-20(26)16-10-13-25(14-11-16)19-9-8-18(23-24-19)15-4-6-17(21)7-5-15/h4-9,16H,2-3,10-14H2,1H3,(H,22,26). The molecule has 1 saturated heterocycles. The summed E-state index contributed by atoms with van der Waals surface area (Å²) in [6.45, 7) is 4.58. The lowest BCUT2D eigenvalue weighted by Gasteiger charge is -2.31. The van der Waals surface area contributed by atoms with E-state index in [-0.39, 0.29) is 11.8 Å². The Morgan fingerprint density at radius 2 is 1.88 bits per heavy atom. The summed E-state index contributed by atoms with van der Waals surface area (Å²) in [5.74, 6) is 1.18. The summed E-state index contributed by atoms with van der Waals surface area (Å²) in [4.78, 5) is 14.4. The van der Waals surface area contributed by atoms with E-state index in [0.29, 0.717) is 5.02 Å². The van der Waals surface area contributed by atoms with E-state index < -0.39 is 0 Å². The van der Waals surface area contributed by atoms with Gasteiger partial charge in [0.15, 0.2) is 5.82 Å². The Morgan fingerprint density at radius 1 is 1.15 bits per heavy atom. The summed E-state index contributed by atoms with van der Waals surface area (Å²) in [7, 11) is 0. The Balaban J connectivity index is 1.54. The van der Waals surface area contributed by atoms with Crippen molar-refractivity contribution in [2.75, 3.05) is 24.5 Å². The molecule has 0 atom stereocenters. The molecule has 26 heavy (non-hydrogen) atoms. The Labute approximate surface area is 159 Å². The maximum absolute atomic E-state index is 12.2. The Hall–Kier alpha value is -2.14. The number of rotatable bonds is 6. The molecule has 0 radical (unpaired) electrons. The number of piperidine rings is 1. The highest BCUT2D eigenvalue weighted by Crippen LogP contribution is 2.24. The van der Waals surface area contributed by atoms with Crippen LogP contribution in [-0.4, -0.2) is 35.7 Å². The number of nitrogens with zero attached hydrogens (tertiary/aromatic N) is 3. The number of hydrogen-bond acceptors (Lipinski definition) is 4. The van der Waals surface area contributed by atoms with Gasteiger partial charge in [0.05, 0.1) is 5.69 Å². The Bertz CT molecular complexity index is 710. The molecule has 6 heteroatoms. The first-order chi connectivity index (χ1) is 12.7. The van der Waals surface area contributed by atoms with Gasteiger partial charge in [0.1, 0.15) is 0 Å². The van der Waals surface area contributed by atoms with E-state index in [2.05, 4.69) is 27.3 Å². The largest absolute Gasteiger partial charge is 0.356 e. The second-order valence-corrected chi connectivity index (χ2v) is 7.13. The van der Waals surface area contributed by atoms with Gasteiger partial charge in [-0.2, -0.15) is 0 Å². The van der Waals surface area contributed by atoms with Gasteiger partial charge in [0.25, 0.3) is 0 Å². The number of benzene rings is 1. The average Bonchev–Trinajstić information content (AvgIpc) is 2.69. The van der Waals surface area contributed by atoms with E-state index in [1.54, 1.807) is 0 Å². The molecule has 0 bridgehead atoms. The molecular formula is C20H25ClN4O. The Morgan fingerprint density at radius 3 is 2.50 bits per heavy atom. The lowest BCUT2D eigenvalue weighted by atomic mass is 9.96. The van der Waals surface area contributed by atoms with E-state index >= 15 is 0 Å². The van der Waals surface area contributed by atoms with E-state index in [9.17, 15) is 4.79 Å². The van der Waals surface area contributed by atoms with Crippen molar-refractivity contribution < 1.29 is 4.79 Å². The van der Waals surface area contributed by atoms with Gasteiger partial charge in [-0.1, -0.05) is 37.1 Å². The van der Waals surface area contributed by atoms with Crippen LogP contribution in [0.4, 0.5) is 5.82 Å². The predicted octanol–water partition coefficient (Wildman–Crippen LogP) is 3.93. The van der Waals surface area contributed by atoms with Crippen molar-refractivity contribution in [2.45, 2.75) is 32.6 Å². The van der Waals surface area contributed by atoms with Crippen LogP contribution in [0, 0.1) is 5.92 Å². The molecule has 1 aromatic carbocycles. The van der Waals surface area contributed by atoms with Crippen LogP contribution in [0.25, 0.3) is 11.3 Å². The molecule has 1 aliphatic rings. The zero-order valence-electron chi connectivity index (χ0n) is 15.1. The zero-order chi connectivity index (χ0) is 18.4. The molecule has 1 N–H and O–H groups in total. The minimum Gasteiger partial charge on any atom is -0.356 e. The number of anilines is 1. The van der Waals surface area contributed by atoms with Crippen LogP contribution in [0.5, 0.6) is 0 Å². The molecule has 0 aliphatic carbocycles. The number of carbonyl (C=O) groups excluding carboxylic acids is 1. The van der Waals surface area contributed by atoms with Crippen LogP contribution >= 0.6 is 11.6 Å². The maximum Gasteiger partial charge on any atom is 0.223 e. The molecule has 5 nitrogen and oxygen atoms in total. The monoisotopic (exact) mass is 372 g/mol. The van der Waals surface area contributed by atoms with Gasteiger partial charge < -0.3 is 10.2 Å². The quantitative estimate of drug-likeness (QED) is 0.780. The molecule has 1 aliphatic heterocycles. The highest BCUT2D eigenvalue weighted by molar-refractivity contribution is 6.30. The number of amides is 1. The molecule has 0 saturated carbocycles. The zero-order valence-corrected chi connectivity index (χ0v) is 15.9. The number of aromatic nitrogens is 2. The average molecular weight is 373 g/mol. The van der Waals surface area contributed by atoms with Crippen LogP contribution in [0.3, 0.4) is 0 Å². The van der Waals surface area contributed by atoms with Gasteiger partial charge in [0, 0.05) is 36.1 Å². The Kier molecular flexibility index (Phi) is 6.45. The van der Waals surface area contributed by atoms with Gasteiger partial charge >= 0.3 is 0 Å². The first-order valence-electron chi connectivity index (χ1n) is 9.29. The van der Waals surface area contributed by atoms with Crippen LogP contribution in [0.15, 0.2) is 36.4 Å². The molecule has 138 valence electrons. The van der Waals surface area contributed by atoms with Crippen molar-refractivity contribution in [3.63, 3.8) is 0 Å². The van der Waals surface area contributed by atoms with E-state index in [0.717, 1.165) is 62.4 Å². The summed E-state index contributed by atoms with van der Waals surface area (Å²) in [5, 5.41) is 12.5. The van der Waals surface area contributed by atoms with Gasteiger partial charge in [0.2, 0.25) is 5.91 Å². The number of unbranched alkanes of at least 4 members (excludes halogenated alkanes) is 1. The molecule has 0 spiro atoms. The number of carbonyl (C=O) groups is 1. The molecule has 1 aromatic heterocycles. The van der Waals surface area contributed by atoms with Crippen molar-refractivity contribution in [2.24, 2.45) is 5.92 Å². The third kappa shape index (κ3) is 4.73. The fourth-order valence-electron chi connectivity index (χ4n) is 3.17. The molecule has 1 fully saturated rings. The molecule has 2 heterocycles. The number of hydrogen-bond donors (Lipinski definition) is 1. The minimum atomic E-state index is 0.115. The molecule has 3 rings (SSSR count). The first-order valence-corrected chi connectivity index (χ1v) is 9.67. The molecule has 2 aromatic rings. The van der Waals surface area contributed by atoms with Crippen molar-refractivity contribution in [1.29, 1.82) is 0 Å². The fourth-order valence-corrected chi connectivity index (χ4v) is 3.30. The first kappa shape index (κ1) is 18.6. The topological polar surface area (TPSA) is 58.1 Å². The third-order valence-electron chi connectivity index (χ3n) is 4.81. The van der Waals surface area contributed by atoms with Crippen LogP contribution in [0.1, 0.15) is 32.6 Å². The lowest BCUT2D eigenvalue weighted by molar-refractivity contribution is -0.125. The normalized spacial score (nSPS) is 15.1. The second-order valence-electron chi connectivity index (χ2n) is 6.69. The summed E-state index contributed by atoms with van der Waals surface area (Å²) >= 11 is 5.92. The van der Waals surface area contributed by atoms with Crippen LogP contribution in [0.2, 0.25) is 5.02 Å². The third-order valence-corrected chi connectivity index (χ3v) is 5.06. The SMILES string of the molecule is CCCCNC(=O)C1CCN(c2ccc(-c3ccc(Cl)cc3)nn2)CC1. The van der Waals surface area contributed by atoms with Gasteiger partial charge in [-0.25, -0.2) is 0 Å². The van der Waals surface area contributed by atoms with Crippen molar-refractivity contribution in [3.05, 3.63) is 41.4 Å². The van der Waals surface area contributed by atoms with E-state index in [1.165, 1.54) is 0 Å². The minimum absolute atomic E-state index is 0.115. The van der Waals surface area contributed by atoms with Gasteiger partial charge in [-0.05, 0) is 43.5 Å². The molecular weight excluding hydrogens is 348 g/mol.